The molecule has 50 valence electrons. The van der Waals surface area contributed by atoms with Gasteiger partial charge in [-0.05, 0) is 14.1 Å². The van der Waals surface area contributed by atoms with Crippen molar-refractivity contribution in [2.45, 2.75) is 6.67 Å². The molecular weight excluding hydrogens is 116 g/mol. The number of hydrogen-bond acceptors (Lipinski definition) is 3. The SMILES string of the molecule is CN(C)Cn1cnnc1. The van der Waals surface area contributed by atoms with Gasteiger partial charge in [0.05, 0.1) is 6.67 Å². The van der Waals surface area contributed by atoms with Crippen LogP contribution in [-0.4, -0.2) is 33.8 Å². The van der Waals surface area contributed by atoms with Crippen LogP contribution in [0, 0.1) is 0 Å². The van der Waals surface area contributed by atoms with E-state index in [9.17, 15) is 0 Å². The summed E-state index contributed by atoms with van der Waals surface area (Å²) in [6, 6.07) is 0. The van der Waals surface area contributed by atoms with E-state index < -0.39 is 0 Å². The molecule has 0 N–H and O–H groups in total. The zero-order valence-electron chi connectivity index (χ0n) is 5.65. The molecule has 0 aliphatic heterocycles. The predicted molar refractivity (Wildman–Crippen MR) is 33.7 cm³/mol. The lowest BCUT2D eigenvalue weighted by molar-refractivity contribution is 0.326. The van der Waals surface area contributed by atoms with E-state index in [4.69, 9.17) is 0 Å². The number of nitrogens with zero attached hydrogens (tertiary/aromatic N) is 4. The minimum atomic E-state index is 0.840. The lowest BCUT2D eigenvalue weighted by Gasteiger charge is -2.07. The highest BCUT2D eigenvalue weighted by molar-refractivity contribution is 4.57. The van der Waals surface area contributed by atoms with Crippen LogP contribution in [0.3, 0.4) is 0 Å². The quantitative estimate of drug-likeness (QED) is 0.550. The van der Waals surface area contributed by atoms with Crippen molar-refractivity contribution in [3.8, 4) is 0 Å². The van der Waals surface area contributed by atoms with Gasteiger partial charge in [-0.3, -0.25) is 4.90 Å². The molecule has 4 heteroatoms. The first kappa shape index (κ1) is 6.22. The van der Waals surface area contributed by atoms with Crippen molar-refractivity contribution >= 4 is 0 Å². The monoisotopic (exact) mass is 126 g/mol. The molecule has 0 saturated carbocycles. The van der Waals surface area contributed by atoms with Gasteiger partial charge in [0.2, 0.25) is 0 Å². The third-order valence-electron chi connectivity index (χ3n) is 0.913. The van der Waals surface area contributed by atoms with Crippen LogP contribution in [0.1, 0.15) is 0 Å². The normalized spacial score (nSPS) is 10.6. The van der Waals surface area contributed by atoms with Crippen LogP contribution >= 0.6 is 0 Å². The summed E-state index contributed by atoms with van der Waals surface area (Å²) in [7, 11) is 4.00. The average Bonchev–Trinajstić information content (AvgIpc) is 2.15. The fraction of sp³-hybridized carbons (Fsp3) is 0.600. The van der Waals surface area contributed by atoms with E-state index in [0.29, 0.717) is 0 Å². The first-order valence-corrected chi connectivity index (χ1v) is 2.76. The maximum absolute atomic E-state index is 3.66. The van der Waals surface area contributed by atoms with Crippen molar-refractivity contribution in [1.82, 2.24) is 19.7 Å². The Morgan fingerprint density at radius 2 is 1.89 bits per heavy atom. The minimum Gasteiger partial charge on any atom is -0.306 e. The minimum absolute atomic E-state index is 0.840. The Morgan fingerprint density at radius 3 is 2.33 bits per heavy atom. The Bertz CT molecular complexity index is 155. The van der Waals surface area contributed by atoms with Gasteiger partial charge in [0.1, 0.15) is 12.7 Å². The summed E-state index contributed by atoms with van der Waals surface area (Å²) >= 11 is 0. The van der Waals surface area contributed by atoms with E-state index in [1.807, 2.05) is 23.6 Å². The smallest absolute Gasteiger partial charge is 0.120 e. The summed E-state index contributed by atoms with van der Waals surface area (Å²) in [4.78, 5) is 2.04. The van der Waals surface area contributed by atoms with Crippen molar-refractivity contribution in [3.63, 3.8) is 0 Å². The van der Waals surface area contributed by atoms with E-state index in [2.05, 4.69) is 10.2 Å². The van der Waals surface area contributed by atoms with E-state index in [1.165, 1.54) is 0 Å². The van der Waals surface area contributed by atoms with Crippen molar-refractivity contribution in [2.75, 3.05) is 14.1 Å². The lowest BCUT2D eigenvalue weighted by atomic mass is 10.8. The summed E-state index contributed by atoms with van der Waals surface area (Å²) in [6.07, 6.45) is 3.39. The van der Waals surface area contributed by atoms with Crippen LogP contribution in [0.4, 0.5) is 0 Å². The Hall–Kier alpha value is -0.900. The molecule has 4 nitrogen and oxygen atoms in total. The maximum Gasteiger partial charge on any atom is 0.120 e. The summed E-state index contributed by atoms with van der Waals surface area (Å²) < 4.78 is 1.90. The van der Waals surface area contributed by atoms with E-state index in [-0.39, 0.29) is 0 Å². The summed E-state index contributed by atoms with van der Waals surface area (Å²) in [5.41, 5.74) is 0. The average molecular weight is 126 g/mol. The Balaban J connectivity index is 2.48. The van der Waals surface area contributed by atoms with Gasteiger partial charge >= 0.3 is 0 Å². The third kappa shape index (κ3) is 1.81. The molecular formula is C5H10N4. The second-order valence-electron chi connectivity index (χ2n) is 2.20. The van der Waals surface area contributed by atoms with Gasteiger partial charge in [-0.25, -0.2) is 0 Å². The van der Waals surface area contributed by atoms with Crippen LogP contribution in [0.2, 0.25) is 0 Å². The Labute approximate surface area is 54.1 Å². The van der Waals surface area contributed by atoms with Gasteiger partial charge < -0.3 is 4.57 Å². The first-order chi connectivity index (χ1) is 4.29. The topological polar surface area (TPSA) is 34.0 Å². The molecule has 0 aliphatic rings. The molecule has 0 bridgehead atoms. The van der Waals surface area contributed by atoms with Crippen molar-refractivity contribution in [2.24, 2.45) is 0 Å². The van der Waals surface area contributed by atoms with Crippen LogP contribution in [0.25, 0.3) is 0 Å². The zero-order valence-corrected chi connectivity index (χ0v) is 5.65. The van der Waals surface area contributed by atoms with Crippen LogP contribution in [-0.2, 0) is 6.67 Å². The number of rotatable bonds is 2. The van der Waals surface area contributed by atoms with Gasteiger partial charge in [-0.2, -0.15) is 0 Å². The molecule has 1 rings (SSSR count). The second-order valence-corrected chi connectivity index (χ2v) is 2.20. The largest absolute Gasteiger partial charge is 0.306 e. The van der Waals surface area contributed by atoms with Crippen molar-refractivity contribution < 1.29 is 0 Å². The molecule has 0 fully saturated rings. The van der Waals surface area contributed by atoms with Gasteiger partial charge in [-0.15, -0.1) is 10.2 Å². The van der Waals surface area contributed by atoms with Crippen molar-refractivity contribution in [1.29, 1.82) is 0 Å². The molecule has 9 heavy (non-hydrogen) atoms. The molecule has 0 amide bonds. The molecule has 0 aromatic carbocycles. The molecule has 0 radical (unpaired) electrons. The lowest BCUT2D eigenvalue weighted by Crippen LogP contribution is -2.15. The second kappa shape index (κ2) is 2.59. The summed E-state index contributed by atoms with van der Waals surface area (Å²) in [5, 5.41) is 7.32. The standard InChI is InChI=1S/C5H10N4/c1-8(2)5-9-3-6-7-4-9/h3-4H,5H2,1-2H3. The summed E-state index contributed by atoms with van der Waals surface area (Å²) in [6.45, 7) is 0.840. The fourth-order valence-electron chi connectivity index (χ4n) is 0.622. The van der Waals surface area contributed by atoms with Crippen LogP contribution < -0.4 is 0 Å². The predicted octanol–water partition coefficient (Wildman–Crippen LogP) is -0.203. The fourth-order valence-corrected chi connectivity index (χ4v) is 0.622. The van der Waals surface area contributed by atoms with Crippen LogP contribution in [0.5, 0.6) is 0 Å². The molecule has 1 aromatic heterocycles. The van der Waals surface area contributed by atoms with Crippen LogP contribution in [0.15, 0.2) is 12.7 Å². The van der Waals surface area contributed by atoms with E-state index in [1.54, 1.807) is 12.7 Å². The van der Waals surface area contributed by atoms with Crippen molar-refractivity contribution in [3.05, 3.63) is 12.7 Å². The number of aromatic nitrogens is 3. The highest BCUT2D eigenvalue weighted by Crippen LogP contribution is 1.83. The summed E-state index contributed by atoms with van der Waals surface area (Å²) in [5.74, 6) is 0. The molecule has 0 unspecified atom stereocenters. The van der Waals surface area contributed by atoms with Gasteiger partial charge in [0.15, 0.2) is 0 Å². The van der Waals surface area contributed by atoms with Gasteiger partial charge in [0.25, 0.3) is 0 Å². The molecule has 0 spiro atoms. The Morgan fingerprint density at radius 1 is 1.33 bits per heavy atom. The molecule has 1 heterocycles. The maximum atomic E-state index is 3.66. The van der Waals surface area contributed by atoms with Gasteiger partial charge in [0, 0.05) is 0 Å². The molecule has 1 aromatic rings. The van der Waals surface area contributed by atoms with E-state index >= 15 is 0 Å². The molecule has 0 aliphatic carbocycles. The van der Waals surface area contributed by atoms with Gasteiger partial charge in [-0.1, -0.05) is 0 Å². The Kier molecular flexibility index (Phi) is 1.79. The third-order valence-corrected chi connectivity index (χ3v) is 0.913. The highest BCUT2D eigenvalue weighted by atomic mass is 15.3. The molecule has 0 atom stereocenters. The first-order valence-electron chi connectivity index (χ1n) is 2.76. The molecule has 0 saturated heterocycles. The number of hydrogen-bond donors (Lipinski definition) is 0. The zero-order chi connectivity index (χ0) is 6.69. The van der Waals surface area contributed by atoms with E-state index in [0.717, 1.165) is 6.67 Å². The highest BCUT2D eigenvalue weighted by Gasteiger charge is 1.89.